The second kappa shape index (κ2) is 15.5. The number of hydrogen-bond acceptors (Lipinski definition) is 8. The molecular weight excluding hydrogens is 400 g/mol. The molecule has 0 radical (unpaired) electrons. The lowest BCUT2D eigenvalue weighted by atomic mass is 10.3. The van der Waals surface area contributed by atoms with E-state index in [0.717, 1.165) is 0 Å². The molecule has 4 N–H and O–H groups in total. The van der Waals surface area contributed by atoms with Crippen molar-refractivity contribution in [3.05, 3.63) is 0 Å². The van der Waals surface area contributed by atoms with Gasteiger partial charge in [-0.15, -0.1) is 0 Å². The summed E-state index contributed by atoms with van der Waals surface area (Å²) in [6.45, 7) is 2.02. The van der Waals surface area contributed by atoms with Gasteiger partial charge in [-0.2, -0.15) is 0 Å². The second-order valence-corrected chi connectivity index (χ2v) is 7.31. The highest BCUT2D eigenvalue weighted by atomic mass is 16.4. The Hall–Kier alpha value is -2.28. The minimum absolute atomic E-state index is 0.0956. The van der Waals surface area contributed by atoms with Crippen molar-refractivity contribution in [3.63, 3.8) is 0 Å². The van der Waals surface area contributed by atoms with Gasteiger partial charge >= 0.3 is 23.9 Å². The molecule has 12 nitrogen and oxygen atoms in total. The van der Waals surface area contributed by atoms with Crippen LogP contribution in [0.3, 0.4) is 0 Å². The summed E-state index contributed by atoms with van der Waals surface area (Å²) in [5, 5.41) is 35.7. The average Bonchev–Trinajstić information content (AvgIpc) is 2.56. The maximum Gasteiger partial charge on any atom is 0.317 e. The molecule has 0 spiro atoms. The number of carbonyl (C=O) groups is 4. The molecule has 0 aromatic heterocycles. The minimum atomic E-state index is -0.992. The minimum Gasteiger partial charge on any atom is -0.480 e. The fourth-order valence-corrected chi connectivity index (χ4v) is 2.95. The Morgan fingerprint density at radius 1 is 0.500 bits per heavy atom. The van der Waals surface area contributed by atoms with Crippen molar-refractivity contribution in [1.29, 1.82) is 0 Å². The van der Waals surface area contributed by atoms with Gasteiger partial charge in [-0.25, -0.2) is 0 Å². The van der Waals surface area contributed by atoms with E-state index in [4.69, 9.17) is 20.4 Å². The number of likely N-dealkylation sites (N-methyl/N-ethyl adjacent to an activating group) is 2. The molecule has 30 heavy (non-hydrogen) atoms. The highest BCUT2D eigenvalue weighted by Crippen LogP contribution is 1.99. The highest BCUT2D eigenvalue weighted by molar-refractivity contribution is 5.70. The van der Waals surface area contributed by atoms with E-state index in [2.05, 4.69) is 0 Å². The Morgan fingerprint density at radius 3 is 1.07 bits per heavy atom. The van der Waals surface area contributed by atoms with Gasteiger partial charge < -0.3 is 20.4 Å². The summed E-state index contributed by atoms with van der Waals surface area (Å²) in [7, 11) is 3.34. The summed E-state index contributed by atoms with van der Waals surface area (Å²) in [6, 6.07) is 0. The lowest BCUT2D eigenvalue weighted by Crippen LogP contribution is -2.41. The molecule has 0 unspecified atom stereocenters. The van der Waals surface area contributed by atoms with Crippen LogP contribution in [0.4, 0.5) is 0 Å². The molecule has 174 valence electrons. The first-order valence-corrected chi connectivity index (χ1v) is 9.68. The maximum atomic E-state index is 11.1. The molecule has 0 amide bonds. The third-order valence-electron chi connectivity index (χ3n) is 4.29. The van der Waals surface area contributed by atoms with E-state index in [9.17, 15) is 19.2 Å². The highest BCUT2D eigenvalue weighted by Gasteiger charge is 2.15. The average molecular weight is 434 g/mol. The molecule has 0 heterocycles. The predicted molar refractivity (Wildman–Crippen MR) is 108 cm³/mol. The molecule has 0 aromatic rings. The third-order valence-corrected chi connectivity index (χ3v) is 4.29. The van der Waals surface area contributed by atoms with Crippen LogP contribution in [-0.4, -0.2) is 143 Å². The summed E-state index contributed by atoms with van der Waals surface area (Å²) >= 11 is 0. The van der Waals surface area contributed by atoms with E-state index in [1.807, 2.05) is 0 Å². The number of nitrogens with zero attached hydrogens (tertiary/aromatic N) is 4. The molecule has 0 fully saturated rings. The van der Waals surface area contributed by atoms with Gasteiger partial charge in [-0.05, 0) is 40.0 Å². The monoisotopic (exact) mass is 434 g/mol. The van der Waals surface area contributed by atoms with Crippen molar-refractivity contribution in [2.75, 3.05) is 79.5 Å². The normalized spacial score (nSPS) is 11.5. The van der Waals surface area contributed by atoms with Crippen LogP contribution in [0.5, 0.6) is 0 Å². The number of carboxylic acids is 4. The van der Waals surface area contributed by atoms with Gasteiger partial charge in [0.1, 0.15) is 0 Å². The standard InChI is InChI=1S/C18H34N4O8/c1-19(11-15(23)24)5-3-7-21(13-17(27)28)9-10-22(14-18(29)30)8-4-6-20(2)12-16(25)26/h3-14H2,1-2H3,(H,23,24)(H,25,26)(H,27,28)(H,29,30). The molecule has 0 aliphatic heterocycles. The van der Waals surface area contributed by atoms with Gasteiger partial charge in [0.2, 0.25) is 0 Å². The van der Waals surface area contributed by atoms with Crippen molar-refractivity contribution in [3.8, 4) is 0 Å². The SMILES string of the molecule is CN(CCCN(CCN(CCCN(C)CC(=O)O)CC(=O)O)CC(=O)O)CC(=O)O. The molecule has 0 rings (SSSR count). The summed E-state index contributed by atoms with van der Waals surface area (Å²) in [5.41, 5.74) is 0. The van der Waals surface area contributed by atoms with E-state index >= 15 is 0 Å². The zero-order chi connectivity index (χ0) is 23.1. The van der Waals surface area contributed by atoms with Crippen molar-refractivity contribution < 1.29 is 39.6 Å². The Morgan fingerprint density at radius 2 is 0.800 bits per heavy atom. The quantitative estimate of drug-likeness (QED) is 0.188. The fraction of sp³-hybridized carbons (Fsp3) is 0.778. The largest absolute Gasteiger partial charge is 0.480 e. The lowest BCUT2D eigenvalue weighted by Gasteiger charge is -2.27. The van der Waals surface area contributed by atoms with Crippen LogP contribution in [0.25, 0.3) is 0 Å². The topological polar surface area (TPSA) is 162 Å². The van der Waals surface area contributed by atoms with Gasteiger partial charge in [0.05, 0.1) is 26.2 Å². The van der Waals surface area contributed by atoms with Gasteiger partial charge in [0, 0.05) is 26.2 Å². The summed E-state index contributed by atoms with van der Waals surface area (Å²) < 4.78 is 0. The Balaban J connectivity index is 4.56. The number of rotatable bonds is 19. The molecule has 0 aromatic carbocycles. The Labute approximate surface area is 176 Å². The molecule has 0 saturated heterocycles. The molecule has 0 aliphatic rings. The van der Waals surface area contributed by atoms with Crippen LogP contribution < -0.4 is 0 Å². The predicted octanol–water partition coefficient (Wildman–Crippen LogP) is -1.43. The smallest absolute Gasteiger partial charge is 0.317 e. The lowest BCUT2D eigenvalue weighted by molar-refractivity contribution is -0.140. The Bertz CT molecular complexity index is 512. The summed E-state index contributed by atoms with van der Waals surface area (Å²) in [4.78, 5) is 50.3. The third kappa shape index (κ3) is 16.7. The van der Waals surface area contributed by atoms with Gasteiger partial charge in [0.15, 0.2) is 0 Å². The molecular formula is C18H34N4O8. The van der Waals surface area contributed by atoms with E-state index < -0.39 is 23.9 Å². The van der Waals surface area contributed by atoms with Crippen LogP contribution in [0.2, 0.25) is 0 Å². The van der Waals surface area contributed by atoms with Crippen LogP contribution in [0, 0.1) is 0 Å². The number of hydrogen-bond donors (Lipinski definition) is 4. The van der Waals surface area contributed by atoms with Crippen molar-refractivity contribution in [1.82, 2.24) is 19.6 Å². The molecule has 0 aliphatic carbocycles. The van der Waals surface area contributed by atoms with E-state index in [0.29, 0.717) is 52.1 Å². The van der Waals surface area contributed by atoms with Gasteiger partial charge in [0.25, 0.3) is 0 Å². The zero-order valence-electron chi connectivity index (χ0n) is 17.7. The van der Waals surface area contributed by atoms with Crippen molar-refractivity contribution >= 4 is 23.9 Å². The van der Waals surface area contributed by atoms with Crippen LogP contribution in [0.15, 0.2) is 0 Å². The van der Waals surface area contributed by atoms with Crippen LogP contribution >= 0.6 is 0 Å². The van der Waals surface area contributed by atoms with Gasteiger partial charge in [-0.3, -0.25) is 38.8 Å². The number of carboxylic acid groups (broad SMARTS) is 4. The molecule has 0 saturated carbocycles. The second-order valence-electron chi connectivity index (χ2n) is 7.31. The zero-order valence-corrected chi connectivity index (χ0v) is 17.7. The summed E-state index contributed by atoms with van der Waals surface area (Å²) in [6.07, 6.45) is 1.16. The van der Waals surface area contributed by atoms with Crippen molar-refractivity contribution in [2.45, 2.75) is 12.8 Å². The van der Waals surface area contributed by atoms with Gasteiger partial charge in [-0.1, -0.05) is 0 Å². The van der Waals surface area contributed by atoms with E-state index in [-0.39, 0.29) is 26.2 Å². The fourth-order valence-electron chi connectivity index (χ4n) is 2.95. The van der Waals surface area contributed by atoms with E-state index in [1.165, 1.54) is 0 Å². The molecule has 0 bridgehead atoms. The Kier molecular flexibility index (Phi) is 14.4. The van der Waals surface area contributed by atoms with E-state index in [1.54, 1.807) is 33.7 Å². The molecule has 0 atom stereocenters. The maximum absolute atomic E-state index is 11.1. The number of aliphatic carboxylic acids is 4. The first-order valence-electron chi connectivity index (χ1n) is 9.68. The van der Waals surface area contributed by atoms with Crippen LogP contribution in [-0.2, 0) is 19.2 Å². The van der Waals surface area contributed by atoms with Crippen LogP contribution in [0.1, 0.15) is 12.8 Å². The first kappa shape index (κ1) is 27.7. The summed E-state index contributed by atoms with van der Waals surface area (Å²) in [5.74, 6) is -3.85. The van der Waals surface area contributed by atoms with Crippen molar-refractivity contribution in [2.24, 2.45) is 0 Å². The molecule has 12 heteroatoms. The first-order chi connectivity index (χ1) is 14.0.